The number of para-hydroxylation sites is 1. The lowest BCUT2D eigenvalue weighted by molar-refractivity contribution is -0.120. The van der Waals surface area contributed by atoms with Gasteiger partial charge in [-0.25, -0.2) is 8.42 Å². The molecule has 4 rings (SSSR count). The summed E-state index contributed by atoms with van der Waals surface area (Å²) in [7, 11) is -3.94. The molecule has 172 valence electrons. The van der Waals surface area contributed by atoms with Gasteiger partial charge < -0.3 is 10.1 Å². The van der Waals surface area contributed by atoms with Gasteiger partial charge in [0.15, 0.2) is 0 Å². The summed E-state index contributed by atoms with van der Waals surface area (Å²) in [5, 5.41) is 3.04. The molecule has 0 bridgehead atoms. The number of anilines is 1. The number of nitrogens with zero attached hydrogens (tertiary/aromatic N) is 1. The van der Waals surface area contributed by atoms with Crippen LogP contribution in [-0.2, 0) is 14.8 Å². The summed E-state index contributed by atoms with van der Waals surface area (Å²) in [4.78, 5) is 13.3. The molecule has 8 heteroatoms. The summed E-state index contributed by atoms with van der Waals surface area (Å²) >= 11 is 2.16. The number of sulfonamides is 1. The lowest BCUT2D eigenvalue weighted by Crippen LogP contribution is -2.45. The number of carbonyl (C=O) groups excluding carboxylic acids is 1. The molecule has 0 aromatic heterocycles. The minimum atomic E-state index is -3.94. The van der Waals surface area contributed by atoms with Gasteiger partial charge in [-0.3, -0.25) is 9.10 Å². The van der Waals surface area contributed by atoms with E-state index in [0.717, 1.165) is 19.2 Å². The zero-order valence-electron chi connectivity index (χ0n) is 18.4. The van der Waals surface area contributed by atoms with Crippen molar-refractivity contribution in [3.05, 3.63) is 88.0 Å². The Morgan fingerprint density at radius 3 is 2.36 bits per heavy atom. The summed E-state index contributed by atoms with van der Waals surface area (Å²) < 4.78 is 35.1. The van der Waals surface area contributed by atoms with Crippen molar-refractivity contribution in [1.82, 2.24) is 5.32 Å². The number of halogens is 1. The lowest BCUT2D eigenvalue weighted by Gasteiger charge is -2.38. The van der Waals surface area contributed by atoms with Gasteiger partial charge in [0.2, 0.25) is 5.91 Å². The average Bonchev–Trinajstić information content (AvgIpc) is 2.78. The third kappa shape index (κ3) is 5.33. The van der Waals surface area contributed by atoms with E-state index < -0.39 is 15.6 Å². The predicted molar refractivity (Wildman–Crippen MR) is 137 cm³/mol. The Labute approximate surface area is 208 Å². The highest BCUT2D eigenvalue weighted by Crippen LogP contribution is 2.39. The largest absolute Gasteiger partial charge is 0.487 e. The Hall–Kier alpha value is -2.59. The fourth-order valence-corrected chi connectivity index (χ4v) is 5.75. The van der Waals surface area contributed by atoms with Crippen LogP contribution in [0.1, 0.15) is 31.9 Å². The first-order valence-electron chi connectivity index (χ1n) is 10.6. The predicted octanol–water partition coefficient (Wildman–Crippen LogP) is 4.91. The van der Waals surface area contributed by atoms with Crippen molar-refractivity contribution in [2.75, 3.05) is 10.8 Å². The molecule has 0 saturated carbocycles. The summed E-state index contributed by atoms with van der Waals surface area (Å²) in [6.07, 6.45) is 0.574. The van der Waals surface area contributed by atoms with E-state index in [-0.39, 0.29) is 23.4 Å². The van der Waals surface area contributed by atoms with Gasteiger partial charge in [-0.1, -0.05) is 36.4 Å². The highest BCUT2D eigenvalue weighted by molar-refractivity contribution is 14.1. The molecule has 1 aliphatic heterocycles. The maximum absolute atomic E-state index is 13.5. The molecule has 1 heterocycles. The van der Waals surface area contributed by atoms with Gasteiger partial charge in [0.25, 0.3) is 10.0 Å². The summed E-state index contributed by atoms with van der Waals surface area (Å²) in [5.74, 6) is 0.344. The third-order valence-corrected chi connectivity index (χ3v) is 7.95. The Bertz CT molecular complexity index is 1240. The van der Waals surface area contributed by atoms with Crippen molar-refractivity contribution in [1.29, 1.82) is 0 Å². The Kier molecular flexibility index (Phi) is 6.67. The fourth-order valence-electron chi connectivity index (χ4n) is 3.94. The highest BCUT2D eigenvalue weighted by atomic mass is 127. The molecular formula is C25H25IN2O4S. The standard InChI is InChI=1S/C25H25IN2O4S/c1-25(2)16-22(21-10-6-7-11-23(21)32-25)27-24(29)17-28(19-14-12-18(26)13-15-19)33(30,31)20-8-4-3-5-9-20/h3-15,22H,16-17H2,1-2H3,(H,27,29). The molecule has 0 radical (unpaired) electrons. The number of rotatable bonds is 6. The summed E-state index contributed by atoms with van der Waals surface area (Å²) in [6.45, 7) is 3.61. The minimum absolute atomic E-state index is 0.133. The van der Waals surface area contributed by atoms with Crippen molar-refractivity contribution in [3.8, 4) is 5.75 Å². The maximum atomic E-state index is 13.5. The van der Waals surface area contributed by atoms with E-state index in [1.807, 2.05) is 50.2 Å². The zero-order valence-corrected chi connectivity index (χ0v) is 21.3. The first kappa shape index (κ1) is 23.6. The van der Waals surface area contributed by atoms with E-state index in [4.69, 9.17) is 4.74 Å². The Morgan fingerprint density at radius 2 is 1.67 bits per heavy atom. The molecule has 0 saturated heterocycles. The second kappa shape index (κ2) is 9.34. The van der Waals surface area contributed by atoms with Crippen LogP contribution in [0.3, 0.4) is 0 Å². The molecule has 0 aliphatic carbocycles. The van der Waals surface area contributed by atoms with E-state index in [1.54, 1.807) is 30.3 Å². The molecule has 1 N–H and O–H groups in total. The molecule has 1 unspecified atom stereocenters. The third-order valence-electron chi connectivity index (χ3n) is 5.44. The Balaban J connectivity index is 1.63. The van der Waals surface area contributed by atoms with Gasteiger partial charge in [0.1, 0.15) is 17.9 Å². The number of amides is 1. The lowest BCUT2D eigenvalue weighted by atomic mass is 9.89. The first-order chi connectivity index (χ1) is 15.7. The van der Waals surface area contributed by atoms with Crippen LogP contribution in [0.5, 0.6) is 5.75 Å². The van der Waals surface area contributed by atoms with Crippen LogP contribution < -0.4 is 14.4 Å². The molecule has 33 heavy (non-hydrogen) atoms. The van der Waals surface area contributed by atoms with Crippen LogP contribution in [-0.4, -0.2) is 26.5 Å². The Morgan fingerprint density at radius 1 is 1.03 bits per heavy atom. The highest BCUT2D eigenvalue weighted by Gasteiger charge is 2.35. The van der Waals surface area contributed by atoms with Gasteiger partial charge >= 0.3 is 0 Å². The molecule has 3 aromatic rings. The molecule has 1 aliphatic rings. The van der Waals surface area contributed by atoms with Crippen LogP contribution in [0, 0.1) is 3.57 Å². The van der Waals surface area contributed by atoms with Crippen LogP contribution in [0.15, 0.2) is 83.8 Å². The van der Waals surface area contributed by atoms with Crippen LogP contribution in [0.2, 0.25) is 0 Å². The number of fused-ring (bicyclic) bond motifs is 1. The maximum Gasteiger partial charge on any atom is 0.264 e. The monoisotopic (exact) mass is 576 g/mol. The SMILES string of the molecule is CC1(C)CC(NC(=O)CN(c2ccc(I)cc2)S(=O)(=O)c2ccccc2)c2ccccc2O1. The smallest absolute Gasteiger partial charge is 0.264 e. The number of nitrogens with one attached hydrogen (secondary N) is 1. The summed E-state index contributed by atoms with van der Waals surface area (Å²) in [6, 6.07) is 22.5. The minimum Gasteiger partial charge on any atom is -0.487 e. The van der Waals surface area contributed by atoms with E-state index in [1.165, 1.54) is 12.1 Å². The van der Waals surface area contributed by atoms with Crippen molar-refractivity contribution < 1.29 is 17.9 Å². The number of ether oxygens (including phenoxy) is 1. The second-order valence-corrected chi connectivity index (χ2v) is 11.6. The zero-order chi connectivity index (χ0) is 23.6. The van der Waals surface area contributed by atoms with Crippen molar-refractivity contribution in [2.24, 2.45) is 0 Å². The topological polar surface area (TPSA) is 75.7 Å². The number of hydrogen-bond donors (Lipinski definition) is 1. The molecular weight excluding hydrogens is 551 g/mol. The van der Waals surface area contributed by atoms with Crippen molar-refractivity contribution >= 4 is 44.2 Å². The molecule has 0 fully saturated rings. The van der Waals surface area contributed by atoms with E-state index in [0.29, 0.717) is 12.1 Å². The molecule has 1 atom stereocenters. The van der Waals surface area contributed by atoms with Gasteiger partial charge in [0.05, 0.1) is 16.6 Å². The van der Waals surface area contributed by atoms with E-state index >= 15 is 0 Å². The molecule has 6 nitrogen and oxygen atoms in total. The second-order valence-electron chi connectivity index (χ2n) is 8.52. The number of benzene rings is 3. The average molecular weight is 576 g/mol. The molecule has 3 aromatic carbocycles. The van der Waals surface area contributed by atoms with Crippen molar-refractivity contribution in [3.63, 3.8) is 0 Å². The molecule has 1 amide bonds. The first-order valence-corrected chi connectivity index (χ1v) is 13.1. The van der Waals surface area contributed by atoms with Crippen molar-refractivity contribution in [2.45, 2.75) is 36.8 Å². The van der Waals surface area contributed by atoms with Gasteiger partial charge in [-0.15, -0.1) is 0 Å². The molecule has 0 spiro atoms. The van der Waals surface area contributed by atoms with E-state index in [9.17, 15) is 13.2 Å². The van der Waals surface area contributed by atoms with Gasteiger partial charge in [0, 0.05) is 15.6 Å². The normalized spacial score (nSPS) is 16.9. The fraction of sp³-hybridized carbons (Fsp3) is 0.240. The van der Waals surface area contributed by atoms with Crippen LogP contribution in [0.4, 0.5) is 5.69 Å². The van der Waals surface area contributed by atoms with Gasteiger partial charge in [-0.2, -0.15) is 0 Å². The van der Waals surface area contributed by atoms with Crippen LogP contribution >= 0.6 is 22.6 Å². The number of hydrogen-bond acceptors (Lipinski definition) is 4. The van der Waals surface area contributed by atoms with Gasteiger partial charge in [-0.05, 0) is 78.9 Å². The summed E-state index contributed by atoms with van der Waals surface area (Å²) in [5.41, 5.74) is 0.858. The number of carbonyl (C=O) groups is 1. The van der Waals surface area contributed by atoms with E-state index in [2.05, 4.69) is 27.9 Å². The van der Waals surface area contributed by atoms with Crippen LogP contribution in [0.25, 0.3) is 0 Å². The quantitative estimate of drug-likeness (QED) is 0.424.